The molecule has 1 N–H and O–H groups in total. The average molecular weight is 347 g/mol. The van der Waals surface area contributed by atoms with E-state index in [1.54, 1.807) is 19.1 Å². The molecule has 24 heavy (non-hydrogen) atoms. The number of nitrogens with zero attached hydrogens (tertiary/aromatic N) is 4. The van der Waals surface area contributed by atoms with Gasteiger partial charge in [0.25, 0.3) is 0 Å². The van der Waals surface area contributed by atoms with Crippen molar-refractivity contribution in [3.05, 3.63) is 52.5 Å². The molecule has 9 heteroatoms. The molecule has 0 amide bonds. The fraction of sp³-hybridized carbons (Fsp3) is 0.133. The third kappa shape index (κ3) is 3.33. The Morgan fingerprint density at radius 1 is 1.29 bits per heavy atom. The Kier molecular flexibility index (Phi) is 4.39. The van der Waals surface area contributed by atoms with E-state index in [1.165, 1.54) is 18.3 Å². The summed E-state index contributed by atoms with van der Waals surface area (Å²) in [6.07, 6.45) is 1.52. The maximum Gasteiger partial charge on any atom is 0.356 e. The summed E-state index contributed by atoms with van der Waals surface area (Å²) in [6.45, 7) is 1.88. The Bertz CT molecular complexity index is 862. The van der Waals surface area contributed by atoms with Crippen LogP contribution in [-0.2, 0) is 6.61 Å². The Morgan fingerprint density at radius 3 is 2.75 bits per heavy atom. The fourth-order valence-electron chi connectivity index (χ4n) is 1.94. The van der Waals surface area contributed by atoms with Gasteiger partial charge in [0, 0.05) is 12.3 Å². The smallest absolute Gasteiger partial charge is 0.356 e. The maximum absolute atomic E-state index is 10.7. The molecular weight excluding hydrogens is 336 g/mol. The fourth-order valence-corrected chi connectivity index (χ4v) is 2.05. The van der Waals surface area contributed by atoms with Gasteiger partial charge in [-0.05, 0) is 25.1 Å². The Morgan fingerprint density at radius 2 is 2.12 bits per heavy atom. The van der Waals surface area contributed by atoms with Crippen molar-refractivity contribution in [3.8, 4) is 17.3 Å². The van der Waals surface area contributed by atoms with E-state index in [1.807, 2.05) is 0 Å². The minimum absolute atomic E-state index is 0.121. The molecular formula is C15H11ClN4O4. The number of pyridine rings is 1. The molecule has 3 aromatic heterocycles. The van der Waals surface area contributed by atoms with Gasteiger partial charge in [0.15, 0.2) is 5.69 Å². The second-order valence-electron chi connectivity index (χ2n) is 4.78. The molecule has 0 radical (unpaired) electrons. The van der Waals surface area contributed by atoms with E-state index in [0.717, 1.165) is 0 Å². The lowest BCUT2D eigenvalue weighted by molar-refractivity contribution is 0.0689. The van der Waals surface area contributed by atoms with E-state index in [4.69, 9.17) is 26.0 Å². The van der Waals surface area contributed by atoms with Gasteiger partial charge in [-0.2, -0.15) is 0 Å². The molecule has 0 saturated heterocycles. The summed E-state index contributed by atoms with van der Waals surface area (Å²) >= 11 is 5.83. The third-order valence-electron chi connectivity index (χ3n) is 3.18. The highest BCUT2D eigenvalue weighted by atomic mass is 35.5. The van der Waals surface area contributed by atoms with Crippen molar-refractivity contribution in [1.82, 2.24) is 20.3 Å². The normalized spacial score (nSPS) is 10.6. The monoisotopic (exact) mass is 346 g/mol. The summed E-state index contributed by atoms with van der Waals surface area (Å²) in [7, 11) is 0. The summed E-state index contributed by atoms with van der Waals surface area (Å²) in [4.78, 5) is 15.0. The summed E-state index contributed by atoms with van der Waals surface area (Å²) in [5, 5.41) is 20.6. The van der Waals surface area contributed by atoms with Gasteiger partial charge in [0.05, 0.1) is 16.3 Å². The van der Waals surface area contributed by atoms with Crippen molar-refractivity contribution in [2.45, 2.75) is 13.5 Å². The number of aromatic carboxylic acids is 1. The van der Waals surface area contributed by atoms with Crippen LogP contribution in [0, 0.1) is 6.92 Å². The van der Waals surface area contributed by atoms with Gasteiger partial charge in [-0.3, -0.25) is 4.98 Å². The molecule has 0 aromatic carbocycles. The number of carbonyl (C=O) groups is 1. The van der Waals surface area contributed by atoms with Crippen LogP contribution >= 0.6 is 11.6 Å². The molecule has 0 fully saturated rings. The van der Waals surface area contributed by atoms with Gasteiger partial charge >= 0.3 is 5.97 Å². The number of hydrogen-bond donors (Lipinski definition) is 1. The largest absolute Gasteiger partial charge is 0.476 e. The maximum atomic E-state index is 10.7. The number of aryl methyl sites for hydroxylation is 1. The molecule has 0 atom stereocenters. The topological polar surface area (TPSA) is 111 Å². The SMILES string of the molecule is Cc1onc(-c2ccc(Cl)cn2)c1COc1ccc(C(=O)O)nn1. The standard InChI is InChI=1S/C15H11ClN4O4/c1-8-10(7-23-13-5-4-12(15(21)22)18-19-13)14(20-24-8)11-3-2-9(16)6-17-11/h2-6H,7H2,1H3,(H,21,22). The highest BCUT2D eigenvalue weighted by Gasteiger charge is 2.17. The molecule has 8 nitrogen and oxygen atoms in total. The molecule has 0 aliphatic heterocycles. The molecule has 0 unspecified atom stereocenters. The quantitative estimate of drug-likeness (QED) is 0.750. The molecule has 0 aliphatic carbocycles. The molecule has 0 aliphatic rings. The van der Waals surface area contributed by atoms with Crippen molar-refractivity contribution >= 4 is 17.6 Å². The van der Waals surface area contributed by atoms with E-state index in [-0.39, 0.29) is 18.2 Å². The number of carboxylic acid groups (broad SMARTS) is 1. The van der Waals surface area contributed by atoms with Crippen molar-refractivity contribution in [2.75, 3.05) is 0 Å². The van der Waals surface area contributed by atoms with Gasteiger partial charge in [-0.15, -0.1) is 10.2 Å². The van der Waals surface area contributed by atoms with Crippen LogP contribution in [0.1, 0.15) is 21.8 Å². The first-order chi connectivity index (χ1) is 11.5. The summed E-state index contributed by atoms with van der Waals surface area (Å²) < 4.78 is 10.7. The first-order valence-corrected chi connectivity index (χ1v) is 7.19. The van der Waals surface area contributed by atoms with Crippen molar-refractivity contribution < 1.29 is 19.2 Å². The summed E-state index contributed by atoms with van der Waals surface area (Å²) in [5.41, 5.74) is 1.69. The number of halogens is 1. The first kappa shape index (κ1) is 15.9. The predicted octanol–water partition coefficient (Wildman–Crippen LogP) is 2.77. The van der Waals surface area contributed by atoms with E-state index in [2.05, 4.69) is 20.3 Å². The van der Waals surface area contributed by atoms with Crippen LogP contribution in [0.15, 0.2) is 35.0 Å². The van der Waals surface area contributed by atoms with Crippen molar-refractivity contribution in [2.24, 2.45) is 0 Å². The zero-order valence-corrected chi connectivity index (χ0v) is 13.2. The van der Waals surface area contributed by atoms with Crippen molar-refractivity contribution in [3.63, 3.8) is 0 Å². The zero-order chi connectivity index (χ0) is 17.1. The molecule has 0 bridgehead atoms. The lowest BCUT2D eigenvalue weighted by Gasteiger charge is -2.05. The van der Waals surface area contributed by atoms with Gasteiger partial charge in [0.2, 0.25) is 5.88 Å². The minimum Gasteiger partial charge on any atom is -0.476 e. The second-order valence-corrected chi connectivity index (χ2v) is 5.21. The minimum atomic E-state index is -1.15. The van der Waals surface area contributed by atoms with E-state index < -0.39 is 5.97 Å². The number of carboxylic acids is 1. The van der Waals surface area contributed by atoms with Crippen LogP contribution in [0.2, 0.25) is 5.02 Å². The number of aromatic nitrogens is 4. The first-order valence-electron chi connectivity index (χ1n) is 6.81. The van der Waals surface area contributed by atoms with E-state index in [9.17, 15) is 4.79 Å². The van der Waals surface area contributed by atoms with Crippen LogP contribution in [0.5, 0.6) is 5.88 Å². The zero-order valence-electron chi connectivity index (χ0n) is 12.4. The summed E-state index contributed by atoms with van der Waals surface area (Å²) in [5.74, 6) is -0.382. The summed E-state index contributed by atoms with van der Waals surface area (Å²) in [6, 6.07) is 6.17. The van der Waals surface area contributed by atoms with Crippen LogP contribution < -0.4 is 4.74 Å². The van der Waals surface area contributed by atoms with Crippen LogP contribution in [0.3, 0.4) is 0 Å². The Hall–Kier alpha value is -3.00. The third-order valence-corrected chi connectivity index (χ3v) is 3.40. The van der Waals surface area contributed by atoms with Crippen LogP contribution in [-0.4, -0.2) is 31.4 Å². The van der Waals surface area contributed by atoms with Gasteiger partial charge in [0.1, 0.15) is 18.1 Å². The highest BCUT2D eigenvalue weighted by molar-refractivity contribution is 6.30. The second kappa shape index (κ2) is 6.63. The number of hydrogen-bond acceptors (Lipinski definition) is 7. The van der Waals surface area contributed by atoms with Gasteiger partial charge in [-0.25, -0.2) is 4.79 Å². The lowest BCUT2D eigenvalue weighted by atomic mass is 10.1. The van der Waals surface area contributed by atoms with Crippen molar-refractivity contribution in [1.29, 1.82) is 0 Å². The van der Waals surface area contributed by atoms with Gasteiger partial charge < -0.3 is 14.4 Å². The number of rotatable bonds is 5. The lowest BCUT2D eigenvalue weighted by Crippen LogP contribution is -2.04. The van der Waals surface area contributed by atoms with Crippen LogP contribution in [0.4, 0.5) is 0 Å². The van der Waals surface area contributed by atoms with Crippen LogP contribution in [0.25, 0.3) is 11.4 Å². The molecule has 122 valence electrons. The molecule has 0 spiro atoms. The molecule has 3 heterocycles. The van der Waals surface area contributed by atoms with E-state index in [0.29, 0.717) is 27.7 Å². The average Bonchev–Trinajstić information content (AvgIpc) is 2.95. The van der Waals surface area contributed by atoms with E-state index >= 15 is 0 Å². The Labute approximate surface area is 141 Å². The Balaban J connectivity index is 1.79. The molecule has 0 saturated carbocycles. The molecule has 3 aromatic rings. The number of ether oxygens (including phenoxy) is 1. The highest BCUT2D eigenvalue weighted by Crippen LogP contribution is 2.25. The van der Waals surface area contributed by atoms with Gasteiger partial charge in [-0.1, -0.05) is 16.8 Å². The molecule has 3 rings (SSSR count). The predicted molar refractivity (Wildman–Crippen MR) is 82.8 cm³/mol.